The fraction of sp³-hybridized carbons (Fsp3) is 0.714. The van der Waals surface area contributed by atoms with Crippen molar-refractivity contribution in [3.8, 4) is 0 Å². The van der Waals surface area contributed by atoms with Gasteiger partial charge in [-0.25, -0.2) is 9.97 Å². The molecule has 2 heterocycles. The van der Waals surface area contributed by atoms with Crippen molar-refractivity contribution in [1.82, 2.24) is 9.97 Å². The molecule has 0 N–H and O–H groups in total. The summed E-state index contributed by atoms with van der Waals surface area (Å²) in [5.74, 6) is 1.76. The second-order valence-electron chi connectivity index (χ2n) is 4.41. The van der Waals surface area contributed by atoms with Gasteiger partial charge in [-0.2, -0.15) is 0 Å². The molecule has 1 aromatic heterocycles. The molecule has 1 aromatic rings. The molecule has 0 bridgehead atoms. The van der Waals surface area contributed by atoms with Crippen LogP contribution in [0.2, 0.25) is 0 Å². The van der Waals surface area contributed by atoms with E-state index in [9.17, 15) is 0 Å². The van der Waals surface area contributed by atoms with Gasteiger partial charge in [0.1, 0.15) is 0 Å². The van der Waals surface area contributed by atoms with Crippen molar-refractivity contribution < 1.29 is 0 Å². The number of nitrogens with zero attached hydrogens (tertiary/aromatic N) is 3. The summed E-state index contributed by atoms with van der Waals surface area (Å²) in [6.07, 6.45) is 7.43. The molecule has 96 valence electrons. The van der Waals surface area contributed by atoms with Crippen LogP contribution < -0.4 is 4.90 Å². The van der Waals surface area contributed by atoms with Gasteiger partial charge in [0.05, 0.1) is 0 Å². The molecule has 0 amide bonds. The van der Waals surface area contributed by atoms with Crippen molar-refractivity contribution in [2.45, 2.75) is 47.0 Å². The molecule has 0 saturated carbocycles. The van der Waals surface area contributed by atoms with Crippen LogP contribution in [0.3, 0.4) is 0 Å². The lowest BCUT2D eigenvalue weighted by atomic mass is 10.00. The Kier molecular flexibility index (Phi) is 5.95. The molecule has 0 spiro atoms. The van der Waals surface area contributed by atoms with Crippen LogP contribution >= 0.6 is 0 Å². The van der Waals surface area contributed by atoms with Crippen LogP contribution in [-0.2, 0) is 6.42 Å². The van der Waals surface area contributed by atoms with E-state index in [0.717, 1.165) is 31.4 Å². The fourth-order valence-corrected chi connectivity index (χ4v) is 1.90. The summed E-state index contributed by atoms with van der Waals surface area (Å²) >= 11 is 0. The summed E-state index contributed by atoms with van der Waals surface area (Å²) in [6, 6.07) is 0. The third-order valence-corrected chi connectivity index (χ3v) is 3.17. The molecule has 0 aliphatic carbocycles. The maximum Gasteiger partial charge on any atom is 0.225 e. The molecule has 17 heavy (non-hydrogen) atoms. The Morgan fingerprint density at radius 1 is 1.18 bits per heavy atom. The first kappa shape index (κ1) is 13.9. The topological polar surface area (TPSA) is 29.0 Å². The Bertz CT molecular complexity index is 300. The SMILES string of the molecule is CC.CCc1cnc(N2CCC(C)CC2)nc1. The van der Waals surface area contributed by atoms with E-state index < -0.39 is 0 Å². The van der Waals surface area contributed by atoms with E-state index in [1.807, 2.05) is 26.2 Å². The summed E-state index contributed by atoms with van der Waals surface area (Å²) in [7, 11) is 0. The highest BCUT2D eigenvalue weighted by Gasteiger charge is 2.17. The fourth-order valence-electron chi connectivity index (χ4n) is 1.90. The van der Waals surface area contributed by atoms with Crippen molar-refractivity contribution in [2.75, 3.05) is 18.0 Å². The van der Waals surface area contributed by atoms with Crippen molar-refractivity contribution in [3.63, 3.8) is 0 Å². The van der Waals surface area contributed by atoms with Crippen molar-refractivity contribution in [3.05, 3.63) is 18.0 Å². The molecule has 0 unspecified atom stereocenters. The number of anilines is 1. The molecule has 0 atom stereocenters. The van der Waals surface area contributed by atoms with Gasteiger partial charge in [-0.05, 0) is 30.7 Å². The molecular formula is C14H25N3. The Labute approximate surface area is 105 Å². The van der Waals surface area contributed by atoms with Crippen molar-refractivity contribution in [1.29, 1.82) is 0 Å². The second-order valence-corrected chi connectivity index (χ2v) is 4.41. The molecule has 3 nitrogen and oxygen atoms in total. The third-order valence-electron chi connectivity index (χ3n) is 3.17. The Morgan fingerprint density at radius 3 is 2.18 bits per heavy atom. The average Bonchev–Trinajstić information content (AvgIpc) is 2.42. The van der Waals surface area contributed by atoms with Gasteiger partial charge >= 0.3 is 0 Å². The zero-order chi connectivity index (χ0) is 12.7. The summed E-state index contributed by atoms with van der Waals surface area (Å²) < 4.78 is 0. The summed E-state index contributed by atoms with van der Waals surface area (Å²) in [5, 5.41) is 0. The lowest BCUT2D eigenvalue weighted by molar-refractivity contribution is 0.434. The number of hydrogen-bond donors (Lipinski definition) is 0. The summed E-state index contributed by atoms with van der Waals surface area (Å²) in [6.45, 7) is 10.7. The van der Waals surface area contributed by atoms with Gasteiger partial charge in [-0.3, -0.25) is 0 Å². The van der Waals surface area contributed by atoms with E-state index in [4.69, 9.17) is 0 Å². The Hall–Kier alpha value is -1.12. The average molecular weight is 235 g/mol. The van der Waals surface area contributed by atoms with Crippen LogP contribution in [0.15, 0.2) is 12.4 Å². The Balaban J connectivity index is 0.000000686. The van der Waals surface area contributed by atoms with Gasteiger partial charge in [0.15, 0.2) is 0 Å². The molecule has 1 saturated heterocycles. The number of rotatable bonds is 2. The highest BCUT2D eigenvalue weighted by molar-refractivity contribution is 5.30. The smallest absolute Gasteiger partial charge is 0.225 e. The summed E-state index contributed by atoms with van der Waals surface area (Å²) in [5.41, 5.74) is 1.21. The predicted octanol–water partition coefficient (Wildman–Crippen LogP) is 3.30. The van der Waals surface area contributed by atoms with Crippen LogP contribution in [0.5, 0.6) is 0 Å². The van der Waals surface area contributed by atoms with Gasteiger partial charge in [0.2, 0.25) is 5.95 Å². The molecule has 0 radical (unpaired) electrons. The molecule has 2 rings (SSSR count). The Morgan fingerprint density at radius 2 is 1.71 bits per heavy atom. The van der Waals surface area contributed by atoms with Crippen molar-refractivity contribution in [2.24, 2.45) is 5.92 Å². The van der Waals surface area contributed by atoms with Gasteiger partial charge < -0.3 is 4.90 Å². The molecule has 0 aromatic carbocycles. The van der Waals surface area contributed by atoms with Crippen molar-refractivity contribution >= 4 is 5.95 Å². The minimum atomic E-state index is 0.858. The van der Waals surface area contributed by atoms with Gasteiger partial charge in [-0.1, -0.05) is 27.7 Å². The zero-order valence-corrected chi connectivity index (χ0v) is 11.6. The van der Waals surface area contributed by atoms with E-state index >= 15 is 0 Å². The van der Waals surface area contributed by atoms with Crippen LogP contribution in [0.4, 0.5) is 5.95 Å². The molecule has 1 aliphatic heterocycles. The van der Waals surface area contributed by atoms with Crippen LogP contribution in [0.1, 0.15) is 46.1 Å². The first-order valence-corrected chi connectivity index (χ1v) is 6.85. The normalized spacial score (nSPS) is 16.4. The quantitative estimate of drug-likeness (QED) is 0.787. The zero-order valence-electron chi connectivity index (χ0n) is 11.6. The number of aryl methyl sites for hydroxylation is 1. The third kappa shape index (κ3) is 3.99. The lowest BCUT2D eigenvalue weighted by Crippen LogP contribution is -2.34. The van der Waals surface area contributed by atoms with Crippen LogP contribution in [0.25, 0.3) is 0 Å². The standard InChI is InChI=1S/C12H19N3.C2H6/c1-3-11-8-13-12(14-9-11)15-6-4-10(2)5-7-15;1-2/h8-10H,3-7H2,1-2H3;1-2H3. The molecule has 1 aliphatic rings. The van der Waals surface area contributed by atoms with Gasteiger partial charge in [0, 0.05) is 25.5 Å². The lowest BCUT2D eigenvalue weighted by Gasteiger charge is -2.30. The maximum absolute atomic E-state index is 4.41. The van der Waals surface area contributed by atoms with E-state index in [0.29, 0.717) is 0 Å². The maximum atomic E-state index is 4.41. The first-order valence-electron chi connectivity index (χ1n) is 6.85. The molecule has 1 fully saturated rings. The largest absolute Gasteiger partial charge is 0.341 e. The first-order chi connectivity index (χ1) is 8.29. The van der Waals surface area contributed by atoms with E-state index in [1.165, 1.54) is 18.4 Å². The number of aromatic nitrogens is 2. The van der Waals surface area contributed by atoms with E-state index in [1.54, 1.807) is 0 Å². The minimum absolute atomic E-state index is 0.858. The highest BCUT2D eigenvalue weighted by Crippen LogP contribution is 2.19. The van der Waals surface area contributed by atoms with Crippen LogP contribution in [0, 0.1) is 5.92 Å². The van der Waals surface area contributed by atoms with Crippen LogP contribution in [-0.4, -0.2) is 23.1 Å². The molecule has 3 heteroatoms. The van der Waals surface area contributed by atoms with Gasteiger partial charge in [-0.15, -0.1) is 0 Å². The van der Waals surface area contributed by atoms with E-state index in [2.05, 4.69) is 28.7 Å². The highest BCUT2D eigenvalue weighted by atomic mass is 15.2. The molecular weight excluding hydrogens is 210 g/mol. The number of piperidine rings is 1. The van der Waals surface area contributed by atoms with E-state index in [-0.39, 0.29) is 0 Å². The summed E-state index contributed by atoms with van der Waals surface area (Å²) in [4.78, 5) is 11.1. The monoisotopic (exact) mass is 235 g/mol. The minimum Gasteiger partial charge on any atom is -0.341 e. The predicted molar refractivity (Wildman–Crippen MR) is 73.4 cm³/mol. The van der Waals surface area contributed by atoms with Gasteiger partial charge in [0.25, 0.3) is 0 Å². The number of hydrogen-bond acceptors (Lipinski definition) is 3. The second kappa shape index (κ2) is 7.25.